The lowest BCUT2D eigenvalue weighted by Crippen LogP contribution is -2.24. The molecule has 0 saturated carbocycles. The summed E-state index contributed by atoms with van der Waals surface area (Å²) >= 11 is 0. The lowest BCUT2D eigenvalue weighted by Gasteiger charge is -2.21. The van der Waals surface area contributed by atoms with Gasteiger partial charge >= 0.3 is 0 Å². The molecule has 0 aliphatic rings. The topological polar surface area (TPSA) is 74.2 Å². The van der Waals surface area contributed by atoms with Crippen LogP contribution in [0.25, 0.3) is 0 Å². The van der Waals surface area contributed by atoms with E-state index in [0.717, 1.165) is 32.2 Å². The Morgan fingerprint density at radius 2 is 2.05 bits per heavy atom. The molecule has 0 aromatic carbocycles. The van der Waals surface area contributed by atoms with Gasteiger partial charge in [0.2, 0.25) is 11.7 Å². The standard InChI is InChI=1S/C15H29N3O2/c1-6-15(4,19-5)14-17-13(20-18-14)8-7-12(9-10-16)11(2)3/h11-12H,6-10,16H2,1-5H3. The van der Waals surface area contributed by atoms with Crippen molar-refractivity contribution in [1.82, 2.24) is 10.1 Å². The van der Waals surface area contributed by atoms with Gasteiger partial charge in [0.25, 0.3) is 0 Å². The number of aromatic nitrogens is 2. The largest absolute Gasteiger partial charge is 0.370 e. The van der Waals surface area contributed by atoms with Crippen LogP contribution < -0.4 is 5.73 Å². The fraction of sp³-hybridized carbons (Fsp3) is 0.867. The SMILES string of the molecule is CCC(C)(OC)c1noc(CCC(CCN)C(C)C)n1. The van der Waals surface area contributed by atoms with Crippen LogP contribution in [0.3, 0.4) is 0 Å². The van der Waals surface area contributed by atoms with Gasteiger partial charge in [-0.2, -0.15) is 4.98 Å². The van der Waals surface area contributed by atoms with Crippen LogP contribution in [-0.2, 0) is 16.8 Å². The molecule has 1 aromatic heterocycles. The van der Waals surface area contributed by atoms with Gasteiger partial charge in [-0.1, -0.05) is 25.9 Å². The summed E-state index contributed by atoms with van der Waals surface area (Å²) in [7, 11) is 1.68. The van der Waals surface area contributed by atoms with Gasteiger partial charge in [-0.3, -0.25) is 0 Å². The molecule has 0 radical (unpaired) electrons. The molecule has 5 heteroatoms. The zero-order chi connectivity index (χ0) is 15.2. The molecule has 0 bridgehead atoms. The molecule has 5 nitrogen and oxygen atoms in total. The summed E-state index contributed by atoms with van der Waals surface area (Å²) in [4.78, 5) is 4.48. The fourth-order valence-corrected chi connectivity index (χ4v) is 2.30. The Morgan fingerprint density at radius 1 is 1.35 bits per heavy atom. The molecule has 2 N–H and O–H groups in total. The average Bonchev–Trinajstić information content (AvgIpc) is 2.91. The maximum Gasteiger partial charge on any atom is 0.226 e. The molecule has 0 amide bonds. The number of nitrogens with zero attached hydrogens (tertiary/aromatic N) is 2. The third-order valence-corrected chi connectivity index (χ3v) is 4.28. The smallest absolute Gasteiger partial charge is 0.226 e. The lowest BCUT2D eigenvalue weighted by atomic mass is 9.88. The van der Waals surface area contributed by atoms with E-state index in [-0.39, 0.29) is 0 Å². The van der Waals surface area contributed by atoms with Crippen molar-refractivity contribution in [2.45, 2.75) is 59.0 Å². The predicted octanol–water partition coefficient (Wildman–Crippen LogP) is 2.89. The van der Waals surface area contributed by atoms with Crippen molar-refractivity contribution < 1.29 is 9.26 Å². The quantitative estimate of drug-likeness (QED) is 0.754. The van der Waals surface area contributed by atoms with E-state index in [1.807, 2.05) is 6.92 Å². The highest BCUT2D eigenvalue weighted by Crippen LogP contribution is 2.26. The van der Waals surface area contributed by atoms with Crippen molar-refractivity contribution in [1.29, 1.82) is 0 Å². The maximum absolute atomic E-state index is 5.67. The first-order chi connectivity index (χ1) is 9.46. The molecule has 1 heterocycles. The molecule has 0 aliphatic heterocycles. The molecule has 1 rings (SSSR count). The van der Waals surface area contributed by atoms with Crippen LogP contribution in [0.4, 0.5) is 0 Å². The minimum Gasteiger partial charge on any atom is -0.370 e. The van der Waals surface area contributed by atoms with Gasteiger partial charge in [-0.25, -0.2) is 0 Å². The number of ether oxygens (including phenoxy) is 1. The molecular weight excluding hydrogens is 254 g/mol. The second-order valence-corrected chi connectivity index (χ2v) is 5.92. The lowest BCUT2D eigenvalue weighted by molar-refractivity contribution is -0.0106. The van der Waals surface area contributed by atoms with E-state index in [9.17, 15) is 0 Å². The van der Waals surface area contributed by atoms with Gasteiger partial charge in [-0.05, 0) is 44.6 Å². The number of rotatable bonds is 9. The van der Waals surface area contributed by atoms with Crippen LogP contribution in [0.15, 0.2) is 4.52 Å². The average molecular weight is 283 g/mol. The van der Waals surface area contributed by atoms with Crippen molar-refractivity contribution in [3.8, 4) is 0 Å². The van der Waals surface area contributed by atoms with Crippen molar-refractivity contribution in [3.63, 3.8) is 0 Å². The van der Waals surface area contributed by atoms with Gasteiger partial charge < -0.3 is 15.0 Å². The zero-order valence-corrected chi connectivity index (χ0v) is 13.5. The summed E-state index contributed by atoms with van der Waals surface area (Å²) in [5.74, 6) is 2.56. The molecule has 0 spiro atoms. The molecule has 0 saturated heterocycles. The minimum absolute atomic E-state index is 0.462. The third kappa shape index (κ3) is 4.28. The Morgan fingerprint density at radius 3 is 2.55 bits per heavy atom. The highest BCUT2D eigenvalue weighted by molar-refractivity contribution is 4.99. The molecule has 20 heavy (non-hydrogen) atoms. The summed E-state index contributed by atoms with van der Waals surface area (Å²) in [5.41, 5.74) is 5.20. The van der Waals surface area contributed by atoms with Crippen molar-refractivity contribution >= 4 is 0 Å². The number of methoxy groups -OCH3 is 1. The van der Waals surface area contributed by atoms with Crippen molar-refractivity contribution in [2.75, 3.05) is 13.7 Å². The summed E-state index contributed by atoms with van der Waals surface area (Å²) in [6.07, 6.45) is 3.69. The predicted molar refractivity (Wildman–Crippen MR) is 79.3 cm³/mol. The van der Waals surface area contributed by atoms with Gasteiger partial charge in [0.15, 0.2) is 0 Å². The number of nitrogens with two attached hydrogens (primary N) is 1. The van der Waals surface area contributed by atoms with Crippen LogP contribution in [0.1, 0.15) is 58.7 Å². The minimum atomic E-state index is -0.462. The Kier molecular flexibility index (Phi) is 6.62. The number of hydrogen-bond acceptors (Lipinski definition) is 5. The highest BCUT2D eigenvalue weighted by Gasteiger charge is 2.30. The van der Waals surface area contributed by atoms with E-state index in [2.05, 4.69) is 30.9 Å². The van der Waals surface area contributed by atoms with Crippen LogP contribution >= 0.6 is 0 Å². The third-order valence-electron chi connectivity index (χ3n) is 4.28. The van der Waals surface area contributed by atoms with Gasteiger partial charge in [0.05, 0.1) is 0 Å². The highest BCUT2D eigenvalue weighted by atomic mass is 16.5. The summed E-state index contributed by atoms with van der Waals surface area (Å²) in [6, 6.07) is 0. The van der Waals surface area contributed by atoms with E-state index in [1.54, 1.807) is 7.11 Å². The van der Waals surface area contributed by atoms with E-state index < -0.39 is 5.60 Å². The number of aryl methyl sites for hydroxylation is 1. The summed E-state index contributed by atoms with van der Waals surface area (Å²) in [6.45, 7) is 9.23. The Labute approximate surface area is 122 Å². The second-order valence-electron chi connectivity index (χ2n) is 5.92. The molecule has 2 atom stereocenters. The van der Waals surface area contributed by atoms with Crippen LogP contribution in [0.5, 0.6) is 0 Å². The molecule has 2 unspecified atom stereocenters. The molecule has 116 valence electrons. The zero-order valence-electron chi connectivity index (χ0n) is 13.5. The normalized spacial score (nSPS) is 16.4. The Bertz CT molecular complexity index is 386. The Balaban J connectivity index is 2.64. The first kappa shape index (κ1) is 17.1. The van der Waals surface area contributed by atoms with E-state index in [0.29, 0.717) is 23.6 Å². The number of hydrogen-bond donors (Lipinski definition) is 1. The van der Waals surface area contributed by atoms with Crippen molar-refractivity contribution in [3.05, 3.63) is 11.7 Å². The van der Waals surface area contributed by atoms with Crippen LogP contribution in [0, 0.1) is 11.8 Å². The molecule has 0 fully saturated rings. The fourth-order valence-electron chi connectivity index (χ4n) is 2.30. The maximum atomic E-state index is 5.67. The Hall–Kier alpha value is -0.940. The summed E-state index contributed by atoms with van der Waals surface area (Å²) in [5, 5.41) is 4.06. The molecule has 0 aliphatic carbocycles. The van der Waals surface area contributed by atoms with E-state index in [4.69, 9.17) is 15.0 Å². The van der Waals surface area contributed by atoms with Crippen molar-refractivity contribution in [2.24, 2.45) is 17.6 Å². The first-order valence-corrected chi connectivity index (χ1v) is 7.55. The van der Waals surface area contributed by atoms with E-state index >= 15 is 0 Å². The monoisotopic (exact) mass is 283 g/mol. The molecular formula is C15H29N3O2. The second kappa shape index (κ2) is 7.74. The van der Waals surface area contributed by atoms with E-state index in [1.165, 1.54) is 0 Å². The van der Waals surface area contributed by atoms with Crippen LogP contribution in [0.2, 0.25) is 0 Å². The summed E-state index contributed by atoms with van der Waals surface area (Å²) < 4.78 is 10.8. The molecule has 1 aromatic rings. The van der Waals surface area contributed by atoms with Gasteiger partial charge in [0.1, 0.15) is 5.60 Å². The van der Waals surface area contributed by atoms with Gasteiger partial charge in [0, 0.05) is 13.5 Å². The van der Waals surface area contributed by atoms with Crippen LogP contribution in [-0.4, -0.2) is 23.8 Å². The first-order valence-electron chi connectivity index (χ1n) is 7.55. The van der Waals surface area contributed by atoms with Gasteiger partial charge in [-0.15, -0.1) is 0 Å².